The Labute approximate surface area is 116 Å². The molecule has 0 atom stereocenters. The van der Waals surface area contributed by atoms with Crippen LogP contribution in [0.25, 0.3) is 11.1 Å². The summed E-state index contributed by atoms with van der Waals surface area (Å²) in [4.78, 5) is 24.0. The van der Waals surface area contributed by atoms with E-state index in [9.17, 15) is 9.59 Å². The highest BCUT2D eigenvalue weighted by atomic mass is 16.5. The molecule has 4 heteroatoms. The Morgan fingerprint density at radius 2 is 1.70 bits per heavy atom. The minimum atomic E-state index is -0.518. The van der Waals surface area contributed by atoms with Gasteiger partial charge in [-0.25, -0.2) is 4.79 Å². The zero-order valence-electron chi connectivity index (χ0n) is 11.3. The first-order valence-electron chi connectivity index (χ1n) is 6.03. The van der Waals surface area contributed by atoms with Crippen molar-refractivity contribution in [1.82, 2.24) is 0 Å². The highest BCUT2D eigenvalue weighted by molar-refractivity contribution is 5.91. The largest absolute Gasteiger partial charge is 0.497 e. The predicted molar refractivity (Wildman–Crippen MR) is 76.0 cm³/mol. The summed E-state index contributed by atoms with van der Waals surface area (Å²) in [6, 6.07) is 13.5. The van der Waals surface area contributed by atoms with E-state index in [0.29, 0.717) is 11.3 Å². The maximum Gasteiger partial charge on any atom is 0.338 e. The number of hydrogen-bond acceptors (Lipinski definition) is 4. The molecule has 0 amide bonds. The quantitative estimate of drug-likeness (QED) is 0.804. The lowest BCUT2D eigenvalue weighted by atomic mass is 10.1. The van der Waals surface area contributed by atoms with E-state index < -0.39 is 5.97 Å². The molecule has 0 radical (unpaired) electrons. The van der Waals surface area contributed by atoms with Crippen molar-refractivity contribution in [2.45, 2.75) is 0 Å². The molecule has 2 rings (SSSR count). The van der Waals surface area contributed by atoms with Crippen LogP contribution in [0.15, 0.2) is 53.3 Å². The predicted octanol–water partition coefficient (Wildman–Crippen LogP) is 2.51. The zero-order valence-corrected chi connectivity index (χ0v) is 11.3. The van der Waals surface area contributed by atoms with Crippen molar-refractivity contribution in [3.63, 3.8) is 0 Å². The molecule has 0 aromatic heterocycles. The van der Waals surface area contributed by atoms with Crippen LogP contribution in [0.3, 0.4) is 0 Å². The summed E-state index contributed by atoms with van der Waals surface area (Å²) in [6.45, 7) is 0. The van der Waals surface area contributed by atoms with Crippen molar-refractivity contribution in [2.24, 2.45) is 0 Å². The third kappa shape index (κ3) is 2.85. The summed E-state index contributed by atoms with van der Waals surface area (Å²) >= 11 is 0. The molecule has 0 fully saturated rings. The Morgan fingerprint density at radius 1 is 1.00 bits per heavy atom. The van der Waals surface area contributed by atoms with Crippen LogP contribution in [0.5, 0.6) is 5.75 Å². The second kappa shape index (κ2) is 6.02. The van der Waals surface area contributed by atoms with Crippen LogP contribution in [0.2, 0.25) is 0 Å². The van der Waals surface area contributed by atoms with E-state index in [1.54, 1.807) is 0 Å². The molecule has 0 aliphatic heterocycles. The van der Waals surface area contributed by atoms with Crippen LogP contribution >= 0.6 is 0 Å². The Morgan fingerprint density at radius 3 is 2.30 bits per heavy atom. The highest BCUT2D eigenvalue weighted by Crippen LogP contribution is 2.19. The van der Waals surface area contributed by atoms with E-state index in [4.69, 9.17) is 9.47 Å². The average molecular weight is 270 g/mol. The summed E-state index contributed by atoms with van der Waals surface area (Å²) in [5, 5.41) is 0. The lowest BCUT2D eigenvalue weighted by Gasteiger charge is -1.99. The lowest BCUT2D eigenvalue weighted by molar-refractivity contribution is 0.0600. The minimum Gasteiger partial charge on any atom is -0.497 e. The van der Waals surface area contributed by atoms with Gasteiger partial charge in [0.2, 0.25) is 0 Å². The van der Waals surface area contributed by atoms with Gasteiger partial charge < -0.3 is 9.47 Å². The minimum absolute atomic E-state index is 0.219. The SMILES string of the molecule is COC(=O)c1cc(OC)cc(=O)c(-c2ccccc2)c1. The van der Waals surface area contributed by atoms with Gasteiger partial charge in [-0.2, -0.15) is 0 Å². The number of carbonyl (C=O) groups excluding carboxylic acids is 1. The third-order valence-electron chi connectivity index (χ3n) is 2.88. The van der Waals surface area contributed by atoms with Crippen LogP contribution in [0.4, 0.5) is 0 Å². The summed E-state index contributed by atoms with van der Waals surface area (Å²) < 4.78 is 9.79. The van der Waals surface area contributed by atoms with E-state index in [1.165, 1.54) is 32.4 Å². The Balaban J connectivity index is 2.72. The van der Waals surface area contributed by atoms with Crippen molar-refractivity contribution >= 4 is 5.97 Å². The lowest BCUT2D eigenvalue weighted by Crippen LogP contribution is -2.02. The number of rotatable bonds is 3. The molecule has 0 unspecified atom stereocenters. The normalized spacial score (nSPS) is 9.90. The van der Waals surface area contributed by atoms with E-state index in [-0.39, 0.29) is 11.0 Å². The van der Waals surface area contributed by atoms with Crippen LogP contribution in [0.1, 0.15) is 10.4 Å². The summed E-state index contributed by atoms with van der Waals surface area (Å²) in [5.74, 6) is -0.200. The van der Waals surface area contributed by atoms with E-state index in [0.717, 1.165) is 5.56 Å². The first-order valence-corrected chi connectivity index (χ1v) is 6.03. The van der Waals surface area contributed by atoms with Gasteiger partial charge in [-0.05, 0) is 17.7 Å². The fraction of sp³-hybridized carbons (Fsp3) is 0.125. The maximum absolute atomic E-state index is 12.2. The standard InChI is InChI=1S/C16H14O4/c1-19-13-8-12(16(18)20-2)9-14(15(17)10-13)11-6-4-3-5-7-11/h3-10H,1-2H3. The van der Waals surface area contributed by atoms with Gasteiger partial charge in [0.05, 0.1) is 19.8 Å². The molecule has 20 heavy (non-hydrogen) atoms. The number of benzene rings is 1. The molecule has 0 aliphatic carbocycles. The zero-order chi connectivity index (χ0) is 14.5. The molecule has 0 spiro atoms. The fourth-order valence-electron chi connectivity index (χ4n) is 1.87. The molecule has 2 aromatic rings. The summed E-state index contributed by atoms with van der Waals surface area (Å²) in [7, 11) is 2.74. The van der Waals surface area contributed by atoms with Gasteiger partial charge in [0.25, 0.3) is 0 Å². The average Bonchev–Trinajstić information content (AvgIpc) is 2.66. The smallest absolute Gasteiger partial charge is 0.338 e. The van der Waals surface area contributed by atoms with Crippen LogP contribution in [-0.4, -0.2) is 20.2 Å². The molecular formula is C16H14O4. The molecular weight excluding hydrogens is 256 g/mol. The molecule has 0 heterocycles. The number of esters is 1. The van der Waals surface area contributed by atoms with Crippen molar-refractivity contribution < 1.29 is 14.3 Å². The maximum atomic E-state index is 12.2. The van der Waals surface area contributed by atoms with Crippen LogP contribution in [0, 0.1) is 0 Å². The first kappa shape index (κ1) is 13.8. The van der Waals surface area contributed by atoms with Gasteiger partial charge in [0.15, 0.2) is 5.43 Å². The van der Waals surface area contributed by atoms with Crippen molar-refractivity contribution in [2.75, 3.05) is 14.2 Å². The Bertz CT molecular complexity index is 678. The molecule has 0 N–H and O–H groups in total. The second-order valence-electron chi connectivity index (χ2n) is 4.13. The van der Waals surface area contributed by atoms with Gasteiger partial charge in [-0.15, -0.1) is 0 Å². The third-order valence-corrected chi connectivity index (χ3v) is 2.88. The van der Waals surface area contributed by atoms with E-state index in [1.807, 2.05) is 30.3 Å². The topological polar surface area (TPSA) is 52.6 Å². The Kier molecular flexibility index (Phi) is 4.15. The Hall–Kier alpha value is -2.62. The molecule has 0 saturated carbocycles. The van der Waals surface area contributed by atoms with Gasteiger partial charge in [-0.1, -0.05) is 30.3 Å². The van der Waals surface area contributed by atoms with Gasteiger partial charge in [0, 0.05) is 11.6 Å². The monoisotopic (exact) mass is 270 g/mol. The number of ether oxygens (including phenoxy) is 2. The molecule has 4 nitrogen and oxygen atoms in total. The van der Waals surface area contributed by atoms with Gasteiger partial charge >= 0.3 is 5.97 Å². The van der Waals surface area contributed by atoms with Crippen molar-refractivity contribution in [1.29, 1.82) is 0 Å². The fourth-order valence-corrected chi connectivity index (χ4v) is 1.87. The number of methoxy groups -OCH3 is 2. The number of carbonyl (C=O) groups is 1. The molecule has 0 bridgehead atoms. The van der Waals surface area contributed by atoms with E-state index >= 15 is 0 Å². The summed E-state index contributed by atoms with van der Waals surface area (Å²) in [6.07, 6.45) is 0. The molecule has 0 aliphatic rings. The van der Waals surface area contributed by atoms with Crippen molar-refractivity contribution in [3.8, 4) is 16.9 Å². The highest BCUT2D eigenvalue weighted by Gasteiger charge is 2.11. The molecule has 0 saturated heterocycles. The van der Waals surface area contributed by atoms with E-state index in [2.05, 4.69) is 0 Å². The van der Waals surface area contributed by atoms with Gasteiger partial charge in [-0.3, -0.25) is 4.79 Å². The van der Waals surface area contributed by atoms with Crippen molar-refractivity contribution in [3.05, 3.63) is 64.3 Å². The summed E-state index contributed by atoms with van der Waals surface area (Å²) in [5.41, 5.74) is 1.21. The second-order valence-corrected chi connectivity index (χ2v) is 4.13. The number of hydrogen-bond donors (Lipinski definition) is 0. The first-order chi connectivity index (χ1) is 9.65. The molecule has 2 aromatic carbocycles. The van der Waals surface area contributed by atoms with Gasteiger partial charge in [0.1, 0.15) is 5.75 Å². The van der Waals surface area contributed by atoms with Crippen LogP contribution < -0.4 is 10.2 Å². The van der Waals surface area contributed by atoms with Crippen LogP contribution in [-0.2, 0) is 4.74 Å². The molecule has 102 valence electrons.